The molecule has 1 unspecified atom stereocenters. The summed E-state index contributed by atoms with van der Waals surface area (Å²) in [5, 5.41) is 11.2. The topological polar surface area (TPSA) is 84.2 Å². The summed E-state index contributed by atoms with van der Waals surface area (Å²) in [6.07, 6.45) is 0. The number of carbonyl (C=O) groups excluding carboxylic acids is 2. The number of nitrogens with one attached hydrogen (secondary N) is 2. The van der Waals surface area contributed by atoms with Gasteiger partial charge in [-0.1, -0.05) is 11.2 Å². The first-order valence-electron chi connectivity index (χ1n) is 6.68. The fraction of sp³-hybridized carbons (Fsp3) is 0.357. The molecule has 0 aromatic carbocycles. The van der Waals surface area contributed by atoms with Crippen molar-refractivity contribution in [3.63, 3.8) is 0 Å². The highest BCUT2D eigenvalue weighted by Gasteiger charge is 2.12. The van der Waals surface area contributed by atoms with Gasteiger partial charge < -0.3 is 15.2 Å². The minimum Gasteiger partial charge on any atom is -0.360 e. The number of aromatic nitrogens is 1. The third-order valence-electron chi connectivity index (χ3n) is 2.71. The lowest BCUT2D eigenvalue weighted by atomic mass is 10.3. The van der Waals surface area contributed by atoms with E-state index in [4.69, 9.17) is 4.52 Å². The summed E-state index contributed by atoms with van der Waals surface area (Å²) in [5.41, 5.74) is 0. The van der Waals surface area contributed by atoms with E-state index in [0.717, 1.165) is 4.88 Å². The standard InChI is InChI=1S/C14H17N3O3S2/c1-9-6-12(17-20-9)16-14(19)8-21-7-13(18)15-10(2)11-4-3-5-22-11/h3-6,10H,7-8H2,1-2H3,(H,15,18)(H,16,17,19). The highest BCUT2D eigenvalue weighted by atomic mass is 32.2. The Morgan fingerprint density at radius 2 is 2.18 bits per heavy atom. The van der Waals surface area contributed by atoms with E-state index in [1.54, 1.807) is 24.3 Å². The molecule has 6 nitrogen and oxygen atoms in total. The number of carbonyl (C=O) groups is 2. The largest absolute Gasteiger partial charge is 0.360 e. The molecule has 0 saturated heterocycles. The number of thiophene rings is 1. The minimum atomic E-state index is -0.211. The fourth-order valence-electron chi connectivity index (χ4n) is 1.73. The SMILES string of the molecule is Cc1cc(NC(=O)CSCC(=O)NC(C)c2cccs2)no1. The third-order valence-corrected chi connectivity index (χ3v) is 4.70. The molecule has 0 aliphatic heterocycles. The molecule has 8 heteroatoms. The molecule has 0 aliphatic rings. The van der Waals surface area contributed by atoms with E-state index >= 15 is 0 Å². The van der Waals surface area contributed by atoms with Gasteiger partial charge in [-0.3, -0.25) is 9.59 Å². The fourth-order valence-corrected chi connectivity index (χ4v) is 3.10. The van der Waals surface area contributed by atoms with E-state index in [1.807, 2.05) is 24.4 Å². The molecule has 0 radical (unpaired) electrons. The summed E-state index contributed by atoms with van der Waals surface area (Å²) in [4.78, 5) is 24.6. The maximum absolute atomic E-state index is 11.8. The van der Waals surface area contributed by atoms with E-state index in [-0.39, 0.29) is 29.4 Å². The Balaban J connectivity index is 1.65. The molecule has 2 aromatic heterocycles. The molecule has 22 heavy (non-hydrogen) atoms. The molecular formula is C14H17N3O3S2. The second kappa shape index (κ2) is 8.00. The van der Waals surface area contributed by atoms with Gasteiger partial charge in [0.1, 0.15) is 5.76 Å². The van der Waals surface area contributed by atoms with E-state index in [9.17, 15) is 9.59 Å². The van der Waals surface area contributed by atoms with Crippen molar-refractivity contribution in [2.24, 2.45) is 0 Å². The van der Waals surface area contributed by atoms with E-state index in [0.29, 0.717) is 11.6 Å². The van der Waals surface area contributed by atoms with Gasteiger partial charge in [-0.05, 0) is 25.3 Å². The van der Waals surface area contributed by atoms with Crippen LogP contribution in [0.5, 0.6) is 0 Å². The average Bonchev–Trinajstić information content (AvgIpc) is 3.10. The molecule has 2 aromatic rings. The first-order chi connectivity index (χ1) is 10.5. The van der Waals surface area contributed by atoms with Crippen LogP contribution in [0.25, 0.3) is 0 Å². The summed E-state index contributed by atoms with van der Waals surface area (Å²) >= 11 is 2.86. The van der Waals surface area contributed by atoms with E-state index in [1.165, 1.54) is 11.8 Å². The summed E-state index contributed by atoms with van der Waals surface area (Å²) < 4.78 is 4.85. The maximum Gasteiger partial charge on any atom is 0.235 e. The molecule has 0 bridgehead atoms. The van der Waals surface area contributed by atoms with Gasteiger partial charge >= 0.3 is 0 Å². The van der Waals surface area contributed by atoms with Gasteiger partial charge in [-0.15, -0.1) is 23.1 Å². The molecule has 0 aliphatic carbocycles. The molecule has 2 heterocycles. The van der Waals surface area contributed by atoms with Gasteiger partial charge in [0.25, 0.3) is 0 Å². The minimum absolute atomic E-state index is 0.0139. The zero-order chi connectivity index (χ0) is 15.9. The number of amides is 2. The van der Waals surface area contributed by atoms with Crippen molar-refractivity contribution in [2.45, 2.75) is 19.9 Å². The van der Waals surface area contributed by atoms with Crippen molar-refractivity contribution in [3.8, 4) is 0 Å². The van der Waals surface area contributed by atoms with Gasteiger partial charge in [0, 0.05) is 10.9 Å². The average molecular weight is 339 g/mol. The van der Waals surface area contributed by atoms with Crippen LogP contribution in [-0.4, -0.2) is 28.5 Å². The van der Waals surface area contributed by atoms with Crippen LogP contribution in [-0.2, 0) is 9.59 Å². The van der Waals surface area contributed by atoms with Crippen molar-refractivity contribution in [1.29, 1.82) is 0 Å². The number of nitrogens with zero attached hydrogens (tertiary/aromatic N) is 1. The van der Waals surface area contributed by atoms with E-state index in [2.05, 4.69) is 15.8 Å². The molecule has 118 valence electrons. The van der Waals surface area contributed by atoms with Crippen LogP contribution in [0.4, 0.5) is 5.82 Å². The van der Waals surface area contributed by atoms with Gasteiger partial charge in [0.2, 0.25) is 11.8 Å². The first-order valence-corrected chi connectivity index (χ1v) is 8.71. The molecular weight excluding hydrogens is 322 g/mol. The molecule has 1 atom stereocenters. The Labute approximate surface area is 136 Å². The van der Waals surface area contributed by atoms with Gasteiger partial charge in [0.05, 0.1) is 17.5 Å². The van der Waals surface area contributed by atoms with Crippen LogP contribution in [0.2, 0.25) is 0 Å². The number of aryl methyl sites for hydroxylation is 1. The molecule has 2 amide bonds. The Bertz CT molecular complexity index is 625. The Kier molecular flexibility index (Phi) is 6.02. The first kappa shape index (κ1) is 16.6. The zero-order valence-electron chi connectivity index (χ0n) is 12.3. The number of thioether (sulfide) groups is 1. The lowest BCUT2D eigenvalue weighted by Crippen LogP contribution is -2.28. The Hall–Kier alpha value is -1.80. The number of rotatable bonds is 7. The maximum atomic E-state index is 11.8. The Morgan fingerprint density at radius 3 is 2.82 bits per heavy atom. The second-order valence-electron chi connectivity index (χ2n) is 4.67. The lowest BCUT2D eigenvalue weighted by Gasteiger charge is -2.11. The number of hydrogen-bond acceptors (Lipinski definition) is 6. The van der Waals surface area contributed by atoms with Gasteiger partial charge in [-0.25, -0.2) is 0 Å². The van der Waals surface area contributed by atoms with Crippen molar-refractivity contribution in [2.75, 3.05) is 16.8 Å². The second-order valence-corrected chi connectivity index (χ2v) is 6.63. The zero-order valence-corrected chi connectivity index (χ0v) is 13.9. The number of hydrogen-bond donors (Lipinski definition) is 2. The molecule has 0 fully saturated rings. The predicted molar refractivity (Wildman–Crippen MR) is 88.1 cm³/mol. The van der Waals surface area contributed by atoms with Crippen LogP contribution in [0.15, 0.2) is 28.1 Å². The highest BCUT2D eigenvalue weighted by Crippen LogP contribution is 2.18. The predicted octanol–water partition coefficient (Wildman–Crippen LogP) is 2.59. The molecule has 0 saturated carbocycles. The van der Waals surface area contributed by atoms with Gasteiger partial charge in [0.15, 0.2) is 5.82 Å². The van der Waals surface area contributed by atoms with Crippen LogP contribution < -0.4 is 10.6 Å². The van der Waals surface area contributed by atoms with Crippen LogP contribution in [0.3, 0.4) is 0 Å². The third kappa shape index (κ3) is 5.19. The van der Waals surface area contributed by atoms with Crippen LogP contribution >= 0.6 is 23.1 Å². The Morgan fingerprint density at radius 1 is 1.41 bits per heavy atom. The summed E-state index contributed by atoms with van der Waals surface area (Å²) in [5.74, 6) is 1.14. The highest BCUT2D eigenvalue weighted by molar-refractivity contribution is 8.00. The van der Waals surface area contributed by atoms with Crippen molar-refractivity contribution < 1.29 is 14.1 Å². The van der Waals surface area contributed by atoms with Crippen molar-refractivity contribution in [1.82, 2.24) is 10.5 Å². The number of anilines is 1. The molecule has 2 N–H and O–H groups in total. The van der Waals surface area contributed by atoms with Crippen LogP contribution in [0, 0.1) is 6.92 Å². The molecule has 0 spiro atoms. The normalized spacial score (nSPS) is 11.9. The monoisotopic (exact) mass is 339 g/mol. The molecule has 2 rings (SSSR count). The van der Waals surface area contributed by atoms with Gasteiger partial charge in [-0.2, -0.15) is 0 Å². The smallest absolute Gasteiger partial charge is 0.235 e. The van der Waals surface area contributed by atoms with Crippen molar-refractivity contribution >= 4 is 40.7 Å². The van der Waals surface area contributed by atoms with Crippen molar-refractivity contribution in [3.05, 3.63) is 34.2 Å². The summed E-state index contributed by atoms with van der Waals surface area (Å²) in [6, 6.07) is 5.56. The summed E-state index contributed by atoms with van der Waals surface area (Å²) in [6.45, 7) is 3.69. The quantitative estimate of drug-likeness (QED) is 0.810. The van der Waals surface area contributed by atoms with E-state index < -0.39 is 0 Å². The summed E-state index contributed by atoms with van der Waals surface area (Å²) in [7, 11) is 0. The lowest BCUT2D eigenvalue weighted by molar-refractivity contribution is -0.119. The van der Waals surface area contributed by atoms with Crippen LogP contribution in [0.1, 0.15) is 23.6 Å².